The van der Waals surface area contributed by atoms with Crippen LogP contribution in [0.5, 0.6) is 11.5 Å². The second-order valence-corrected chi connectivity index (χ2v) is 5.06. The number of rotatable bonds is 2. The number of nitrogens with zero attached hydrogens (tertiary/aromatic N) is 1. The lowest BCUT2D eigenvalue weighted by Gasteiger charge is -2.25. The first-order chi connectivity index (χ1) is 9.74. The minimum Gasteiger partial charge on any atom is -0.485 e. The molecule has 1 N–H and O–H groups in total. The molecule has 1 aromatic heterocycles. The minimum absolute atomic E-state index is 0.186. The van der Waals surface area contributed by atoms with Gasteiger partial charge >= 0.3 is 0 Å². The van der Waals surface area contributed by atoms with Gasteiger partial charge < -0.3 is 14.8 Å². The highest BCUT2D eigenvalue weighted by Gasteiger charge is 2.27. The molecule has 0 saturated heterocycles. The molecule has 0 aliphatic carbocycles. The highest BCUT2D eigenvalue weighted by molar-refractivity contribution is 9.10. The number of nitrogens with one attached hydrogen (secondary N) is 1. The van der Waals surface area contributed by atoms with E-state index in [9.17, 15) is 4.79 Å². The van der Waals surface area contributed by atoms with Gasteiger partial charge in [0.15, 0.2) is 11.5 Å². The zero-order chi connectivity index (χ0) is 13.9. The topological polar surface area (TPSA) is 60.5 Å². The van der Waals surface area contributed by atoms with Crippen LogP contribution in [0.15, 0.2) is 47.2 Å². The average Bonchev–Trinajstić information content (AvgIpc) is 2.49. The molecule has 3 rings (SSSR count). The van der Waals surface area contributed by atoms with E-state index in [2.05, 4.69) is 26.2 Å². The highest BCUT2D eigenvalue weighted by Crippen LogP contribution is 2.31. The molecule has 1 atom stereocenters. The van der Waals surface area contributed by atoms with Crippen LogP contribution in [-0.4, -0.2) is 23.6 Å². The molecule has 102 valence electrons. The van der Waals surface area contributed by atoms with E-state index in [1.54, 1.807) is 24.5 Å². The Labute approximate surface area is 124 Å². The Kier molecular flexibility index (Phi) is 3.56. The van der Waals surface area contributed by atoms with Gasteiger partial charge in [-0.15, -0.1) is 0 Å². The van der Waals surface area contributed by atoms with Crippen molar-refractivity contribution in [2.75, 3.05) is 11.9 Å². The van der Waals surface area contributed by atoms with Crippen molar-refractivity contribution in [2.24, 2.45) is 0 Å². The van der Waals surface area contributed by atoms with Gasteiger partial charge in [-0.2, -0.15) is 0 Å². The lowest BCUT2D eigenvalue weighted by Crippen LogP contribution is -2.40. The molecule has 5 nitrogen and oxygen atoms in total. The molecule has 20 heavy (non-hydrogen) atoms. The summed E-state index contributed by atoms with van der Waals surface area (Å²) in [4.78, 5) is 16.1. The number of carbonyl (C=O) groups is 1. The summed E-state index contributed by atoms with van der Waals surface area (Å²) in [5, 5.41) is 2.78. The van der Waals surface area contributed by atoms with Gasteiger partial charge in [0, 0.05) is 12.4 Å². The largest absolute Gasteiger partial charge is 0.485 e. The zero-order valence-electron chi connectivity index (χ0n) is 10.4. The Hall–Kier alpha value is -2.08. The predicted octanol–water partition coefficient (Wildman–Crippen LogP) is 2.62. The van der Waals surface area contributed by atoms with Gasteiger partial charge in [-0.3, -0.25) is 9.78 Å². The Bertz CT molecular complexity index is 648. The predicted molar refractivity (Wildman–Crippen MR) is 76.9 cm³/mol. The van der Waals surface area contributed by atoms with Crippen molar-refractivity contribution in [3.05, 3.63) is 47.2 Å². The maximum atomic E-state index is 12.2. The summed E-state index contributed by atoms with van der Waals surface area (Å²) in [5.41, 5.74) is 0.646. The van der Waals surface area contributed by atoms with E-state index >= 15 is 0 Å². The van der Waals surface area contributed by atoms with Crippen molar-refractivity contribution in [1.82, 2.24) is 4.98 Å². The van der Waals surface area contributed by atoms with Crippen LogP contribution >= 0.6 is 15.9 Å². The molecular weight excluding hydrogens is 324 g/mol. The number of benzene rings is 1. The number of carbonyl (C=O) groups excluding carboxylic acids is 1. The maximum Gasteiger partial charge on any atom is 0.269 e. The van der Waals surface area contributed by atoms with Gasteiger partial charge in [-0.25, -0.2) is 0 Å². The molecule has 6 heteroatoms. The number of anilines is 1. The summed E-state index contributed by atoms with van der Waals surface area (Å²) < 4.78 is 11.9. The van der Waals surface area contributed by atoms with Gasteiger partial charge in [-0.1, -0.05) is 12.1 Å². The van der Waals surface area contributed by atoms with Crippen molar-refractivity contribution >= 4 is 27.5 Å². The summed E-state index contributed by atoms with van der Waals surface area (Å²) in [6, 6.07) is 8.98. The lowest BCUT2D eigenvalue weighted by atomic mass is 10.2. The summed E-state index contributed by atoms with van der Waals surface area (Å²) in [7, 11) is 0. The maximum absolute atomic E-state index is 12.2. The summed E-state index contributed by atoms with van der Waals surface area (Å²) in [6.07, 6.45) is 2.54. The molecule has 2 aromatic rings. The summed E-state index contributed by atoms with van der Waals surface area (Å²) in [6.45, 7) is 0.186. The highest BCUT2D eigenvalue weighted by atomic mass is 79.9. The summed E-state index contributed by atoms with van der Waals surface area (Å²) >= 11 is 3.33. The monoisotopic (exact) mass is 334 g/mol. The van der Waals surface area contributed by atoms with E-state index < -0.39 is 6.10 Å². The van der Waals surface area contributed by atoms with E-state index in [0.717, 1.165) is 0 Å². The third kappa shape index (κ3) is 2.60. The van der Waals surface area contributed by atoms with Crippen molar-refractivity contribution in [1.29, 1.82) is 0 Å². The SMILES string of the molecule is O=C(Nc1ccncc1Br)C1COc2ccccc2O1. The van der Waals surface area contributed by atoms with Crippen LogP contribution in [0.25, 0.3) is 0 Å². The van der Waals surface area contributed by atoms with E-state index in [1.165, 1.54) is 0 Å². The molecular formula is C14H11BrN2O3. The number of fused-ring (bicyclic) bond motifs is 1. The number of halogens is 1. The van der Waals surface area contributed by atoms with Crippen LogP contribution in [0.3, 0.4) is 0 Å². The molecule has 1 aromatic carbocycles. The molecule has 1 unspecified atom stereocenters. The molecule has 2 heterocycles. The summed E-state index contributed by atoms with van der Waals surface area (Å²) in [5.74, 6) is 0.973. The minimum atomic E-state index is -0.676. The molecule has 0 saturated carbocycles. The second-order valence-electron chi connectivity index (χ2n) is 4.21. The number of amides is 1. The number of para-hydroxylation sites is 2. The second kappa shape index (κ2) is 5.50. The first-order valence-corrected chi connectivity index (χ1v) is 6.82. The number of ether oxygens (including phenoxy) is 2. The van der Waals surface area contributed by atoms with Crippen LogP contribution < -0.4 is 14.8 Å². The van der Waals surface area contributed by atoms with Crippen molar-refractivity contribution in [2.45, 2.75) is 6.10 Å². The van der Waals surface area contributed by atoms with Crippen molar-refractivity contribution in [3.8, 4) is 11.5 Å². The van der Waals surface area contributed by atoms with E-state index in [4.69, 9.17) is 9.47 Å². The molecule has 1 aliphatic rings. The van der Waals surface area contributed by atoms with Gasteiger partial charge in [-0.05, 0) is 34.1 Å². The standard InChI is InChI=1S/C14H11BrN2O3/c15-9-7-16-6-5-10(9)17-14(18)13-8-19-11-3-1-2-4-12(11)20-13/h1-7,13H,8H2,(H,16,17,18). The van der Waals surface area contributed by atoms with Crippen LogP contribution in [-0.2, 0) is 4.79 Å². The van der Waals surface area contributed by atoms with E-state index in [1.807, 2.05) is 18.2 Å². The Morgan fingerprint density at radius 1 is 1.30 bits per heavy atom. The van der Waals surface area contributed by atoms with Crippen LogP contribution in [0, 0.1) is 0 Å². The smallest absolute Gasteiger partial charge is 0.269 e. The van der Waals surface area contributed by atoms with Crippen LogP contribution in [0.2, 0.25) is 0 Å². The number of pyridine rings is 1. The molecule has 1 amide bonds. The average molecular weight is 335 g/mol. The number of hydrogen-bond donors (Lipinski definition) is 1. The van der Waals surface area contributed by atoms with E-state index in [0.29, 0.717) is 21.7 Å². The van der Waals surface area contributed by atoms with Gasteiger partial charge in [0.2, 0.25) is 6.10 Å². The fourth-order valence-electron chi connectivity index (χ4n) is 1.84. The molecule has 0 fully saturated rings. The van der Waals surface area contributed by atoms with Gasteiger partial charge in [0.25, 0.3) is 5.91 Å². The van der Waals surface area contributed by atoms with Crippen molar-refractivity contribution < 1.29 is 14.3 Å². The first kappa shape index (κ1) is 12.9. The van der Waals surface area contributed by atoms with Crippen molar-refractivity contribution in [3.63, 3.8) is 0 Å². The molecule has 0 bridgehead atoms. The van der Waals surface area contributed by atoms with Gasteiger partial charge in [0.05, 0.1) is 10.2 Å². The zero-order valence-corrected chi connectivity index (χ0v) is 12.0. The Morgan fingerprint density at radius 3 is 2.90 bits per heavy atom. The molecule has 0 radical (unpaired) electrons. The number of hydrogen-bond acceptors (Lipinski definition) is 4. The third-order valence-electron chi connectivity index (χ3n) is 2.83. The third-order valence-corrected chi connectivity index (χ3v) is 3.46. The Balaban J connectivity index is 1.72. The van der Waals surface area contributed by atoms with Crippen LogP contribution in [0.4, 0.5) is 5.69 Å². The molecule has 0 spiro atoms. The molecule has 1 aliphatic heterocycles. The lowest BCUT2D eigenvalue weighted by molar-refractivity contribution is -0.125. The normalized spacial score (nSPS) is 16.6. The van der Waals surface area contributed by atoms with Gasteiger partial charge in [0.1, 0.15) is 6.61 Å². The first-order valence-electron chi connectivity index (χ1n) is 6.03. The Morgan fingerprint density at radius 2 is 2.10 bits per heavy atom. The van der Waals surface area contributed by atoms with Crippen LogP contribution in [0.1, 0.15) is 0 Å². The fraction of sp³-hybridized carbons (Fsp3) is 0.143. The quantitative estimate of drug-likeness (QED) is 0.917. The number of aromatic nitrogens is 1. The fourth-order valence-corrected chi connectivity index (χ4v) is 2.19. The van der Waals surface area contributed by atoms with E-state index in [-0.39, 0.29) is 12.5 Å².